The van der Waals surface area contributed by atoms with E-state index < -0.39 is 16.0 Å². The number of nitrogens with zero attached hydrogens (tertiary/aromatic N) is 3. The van der Waals surface area contributed by atoms with E-state index in [0.29, 0.717) is 5.56 Å². The minimum absolute atomic E-state index is 0.0188. The SMILES string of the molecule is CN(Cc1ccc(C(=O)O)cc1)S(=O)(=O)c1cn(C)cn1. The number of carbonyl (C=O) groups is 1. The van der Waals surface area contributed by atoms with Crippen LogP contribution in [0.1, 0.15) is 15.9 Å². The molecular formula is C13H15N3O4S. The van der Waals surface area contributed by atoms with E-state index in [9.17, 15) is 13.2 Å². The highest BCUT2D eigenvalue weighted by atomic mass is 32.2. The number of imidazole rings is 1. The van der Waals surface area contributed by atoms with Gasteiger partial charge in [0.1, 0.15) is 0 Å². The van der Waals surface area contributed by atoms with Crippen LogP contribution in [0, 0.1) is 0 Å². The number of aromatic carboxylic acids is 1. The Kier molecular flexibility index (Phi) is 4.10. The van der Waals surface area contributed by atoms with Crippen LogP contribution in [0.3, 0.4) is 0 Å². The van der Waals surface area contributed by atoms with E-state index >= 15 is 0 Å². The molecule has 0 bridgehead atoms. The second-order valence-electron chi connectivity index (χ2n) is 4.64. The zero-order valence-corrected chi connectivity index (χ0v) is 12.4. The third-order valence-electron chi connectivity index (χ3n) is 2.96. The lowest BCUT2D eigenvalue weighted by Gasteiger charge is -2.15. The first kappa shape index (κ1) is 15.2. The Morgan fingerprint density at radius 3 is 2.43 bits per heavy atom. The van der Waals surface area contributed by atoms with Crippen molar-refractivity contribution in [2.45, 2.75) is 11.6 Å². The van der Waals surface area contributed by atoms with Crippen molar-refractivity contribution in [2.75, 3.05) is 7.05 Å². The predicted molar refractivity (Wildman–Crippen MR) is 75.3 cm³/mol. The fourth-order valence-corrected chi connectivity index (χ4v) is 2.89. The maximum Gasteiger partial charge on any atom is 0.335 e. The Morgan fingerprint density at radius 2 is 1.95 bits per heavy atom. The molecule has 7 nitrogen and oxygen atoms in total. The van der Waals surface area contributed by atoms with Crippen LogP contribution in [0.4, 0.5) is 0 Å². The van der Waals surface area contributed by atoms with Gasteiger partial charge in [-0.05, 0) is 17.7 Å². The highest BCUT2D eigenvalue weighted by molar-refractivity contribution is 7.89. The van der Waals surface area contributed by atoms with Crippen molar-refractivity contribution in [3.05, 3.63) is 47.9 Å². The van der Waals surface area contributed by atoms with Crippen LogP contribution in [-0.4, -0.2) is 40.4 Å². The number of aromatic nitrogens is 2. The smallest absolute Gasteiger partial charge is 0.335 e. The molecule has 0 amide bonds. The molecule has 1 aromatic carbocycles. The van der Waals surface area contributed by atoms with E-state index in [0.717, 1.165) is 0 Å². The van der Waals surface area contributed by atoms with Gasteiger partial charge in [-0.25, -0.2) is 18.2 Å². The number of hydrogen-bond donors (Lipinski definition) is 1. The summed E-state index contributed by atoms with van der Waals surface area (Å²) in [6.07, 6.45) is 2.85. The predicted octanol–water partition coefficient (Wildman–Crippen LogP) is 0.939. The summed E-state index contributed by atoms with van der Waals surface area (Å²) >= 11 is 0. The lowest BCUT2D eigenvalue weighted by molar-refractivity contribution is 0.0697. The van der Waals surface area contributed by atoms with E-state index in [-0.39, 0.29) is 17.1 Å². The maximum absolute atomic E-state index is 12.3. The van der Waals surface area contributed by atoms with Crippen LogP contribution in [0.2, 0.25) is 0 Å². The third-order valence-corrected chi connectivity index (χ3v) is 4.65. The van der Waals surface area contributed by atoms with Gasteiger partial charge in [-0.15, -0.1) is 0 Å². The largest absolute Gasteiger partial charge is 0.478 e. The van der Waals surface area contributed by atoms with Crippen molar-refractivity contribution in [1.29, 1.82) is 0 Å². The van der Waals surface area contributed by atoms with Crippen molar-refractivity contribution >= 4 is 16.0 Å². The quantitative estimate of drug-likeness (QED) is 0.887. The van der Waals surface area contributed by atoms with Gasteiger partial charge < -0.3 is 9.67 Å². The Balaban J connectivity index is 2.17. The number of carboxylic acids is 1. The molecule has 0 atom stereocenters. The topological polar surface area (TPSA) is 92.5 Å². The molecule has 0 unspecified atom stereocenters. The molecule has 0 fully saturated rings. The number of rotatable bonds is 5. The van der Waals surface area contributed by atoms with Gasteiger partial charge in [0.05, 0.1) is 11.9 Å². The Hall–Kier alpha value is -2.19. The van der Waals surface area contributed by atoms with E-state index in [1.165, 1.54) is 36.0 Å². The first-order valence-electron chi connectivity index (χ1n) is 6.07. The van der Waals surface area contributed by atoms with Crippen LogP contribution >= 0.6 is 0 Å². The summed E-state index contributed by atoms with van der Waals surface area (Å²) < 4.78 is 27.3. The average Bonchev–Trinajstić information content (AvgIpc) is 2.86. The van der Waals surface area contributed by atoms with Crippen LogP contribution in [-0.2, 0) is 23.6 Å². The first-order valence-corrected chi connectivity index (χ1v) is 7.51. The fraction of sp³-hybridized carbons (Fsp3) is 0.231. The fourth-order valence-electron chi connectivity index (χ4n) is 1.78. The minimum atomic E-state index is -3.66. The van der Waals surface area contributed by atoms with Crippen LogP contribution < -0.4 is 0 Å². The molecule has 1 aromatic heterocycles. The van der Waals surface area contributed by atoms with Gasteiger partial charge in [0.15, 0.2) is 5.03 Å². The summed E-state index contributed by atoms with van der Waals surface area (Å²) in [5, 5.41) is 8.80. The van der Waals surface area contributed by atoms with Gasteiger partial charge in [-0.2, -0.15) is 4.31 Å². The summed E-state index contributed by atoms with van der Waals surface area (Å²) in [6.45, 7) is 0.138. The number of hydrogen-bond acceptors (Lipinski definition) is 4. The van der Waals surface area contributed by atoms with Crippen molar-refractivity contribution in [3.63, 3.8) is 0 Å². The van der Waals surface area contributed by atoms with Gasteiger partial charge in [0.25, 0.3) is 10.0 Å². The maximum atomic E-state index is 12.3. The normalized spacial score (nSPS) is 11.8. The van der Waals surface area contributed by atoms with Crippen molar-refractivity contribution in [1.82, 2.24) is 13.9 Å². The second kappa shape index (κ2) is 5.66. The van der Waals surface area contributed by atoms with E-state index in [2.05, 4.69) is 4.98 Å². The molecule has 0 aliphatic heterocycles. The highest BCUT2D eigenvalue weighted by Crippen LogP contribution is 2.15. The molecule has 1 heterocycles. The molecule has 0 radical (unpaired) electrons. The Morgan fingerprint density at radius 1 is 1.33 bits per heavy atom. The first-order chi connectivity index (χ1) is 9.80. The Bertz CT molecular complexity index is 750. The van der Waals surface area contributed by atoms with Gasteiger partial charge in [-0.1, -0.05) is 12.1 Å². The van der Waals surface area contributed by atoms with Crippen molar-refractivity contribution < 1.29 is 18.3 Å². The molecule has 8 heteroatoms. The van der Waals surface area contributed by atoms with E-state index in [1.54, 1.807) is 23.7 Å². The number of carboxylic acid groups (broad SMARTS) is 1. The summed E-state index contributed by atoms with van der Waals surface area (Å²) in [7, 11) is -0.513. The Labute approximate surface area is 122 Å². The number of aryl methyl sites for hydroxylation is 1. The van der Waals surface area contributed by atoms with Crippen molar-refractivity contribution in [3.8, 4) is 0 Å². The summed E-state index contributed by atoms with van der Waals surface area (Å²) in [6, 6.07) is 6.07. The molecule has 1 N–H and O–H groups in total. The van der Waals surface area contributed by atoms with Gasteiger partial charge in [0.2, 0.25) is 0 Å². The summed E-state index contributed by atoms with van der Waals surface area (Å²) in [4.78, 5) is 14.6. The summed E-state index contributed by atoms with van der Waals surface area (Å²) in [5.41, 5.74) is 0.857. The summed E-state index contributed by atoms with van der Waals surface area (Å²) in [5.74, 6) is -1.02. The van der Waals surface area contributed by atoms with Gasteiger partial charge in [-0.3, -0.25) is 0 Å². The van der Waals surface area contributed by atoms with Crippen LogP contribution in [0.15, 0.2) is 41.8 Å². The van der Waals surface area contributed by atoms with Crippen LogP contribution in [0.5, 0.6) is 0 Å². The minimum Gasteiger partial charge on any atom is -0.478 e. The molecule has 0 saturated carbocycles. The molecule has 21 heavy (non-hydrogen) atoms. The molecule has 112 valence electrons. The molecule has 0 spiro atoms. The third kappa shape index (κ3) is 3.29. The van der Waals surface area contributed by atoms with Crippen LogP contribution in [0.25, 0.3) is 0 Å². The zero-order chi connectivity index (χ0) is 15.6. The van der Waals surface area contributed by atoms with Gasteiger partial charge >= 0.3 is 5.97 Å². The van der Waals surface area contributed by atoms with Crippen molar-refractivity contribution in [2.24, 2.45) is 7.05 Å². The average molecular weight is 309 g/mol. The number of sulfonamides is 1. The standard InChI is InChI=1S/C13H15N3O4S/c1-15-8-12(14-9-15)21(19,20)16(2)7-10-3-5-11(6-4-10)13(17)18/h3-6,8-9H,7H2,1-2H3,(H,17,18). The molecular weight excluding hydrogens is 294 g/mol. The van der Waals surface area contributed by atoms with E-state index in [4.69, 9.17) is 5.11 Å². The lowest BCUT2D eigenvalue weighted by Crippen LogP contribution is -2.26. The molecule has 2 rings (SSSR count). The molecule has 2 aromatic rings. The van der Waals surface area contributed by atoms with E-state index in [1.807, 2.05) is 0 Å². The monoisotopic (exact) mass is 309 g/mol. The second-order valence-corrected chi connectivity index (χ2v) is 6.63. The lowest BCUT2D eigenvalue weighted by atomic mass is 10.1. The molecule has 0 aliphatic rings. The highest BCUT2D eigenvalue weighted by Gasteiger charge is 2.23. The number of benzene rings is 1. The molecule has 0 saturated heterocycles. The van der Waals surface area contributed by atoms with Gasteiger partial charge in [0, 0.05) is 26.8 Å². The zero-order valence-electron chi connectivity index (χ0n) is 11.6. The molecule has 0 aliphatic carbocycles.